The second-order valence-electron chi connectivity index (χ2n) is 7.64. The summed E-state index contributed by atoms with van der Waals surface area (Å²) in [5, 5.41) is 23.8. The van der Waals surface area contributed by atoms with E-state index in [4.69, 9.17) is 37.4 Å². The van der Waals surface area contributed by atoms with Gasteiger partial charge in [0, 0.05) is 34.8 Å². The Labute approximate surface area is 213 Å². The van der Waals surface area contributed by atoms with Crippen LogP contribution in [0.15, 0.2) is 48.5 Å². The third kappa shape index (κ3) is 7.21. The number of nitrogens with zero attached hydrogens (tertiary/aromatic N) is 1. The lowest BCUT2D eigenvalue weighted by atomic mass is 10.0. The highest BCUT2D eigenvalue weighted by Gasteiger charge is 2.20. The first kappa shape index (κ1) is 26.5. The van der Waals surface area contributed by atoms with Crippen molar-refractivity contribution in [2.24, 2.45) is 0 Å². The molecular weight excluding hydrogens is 495 g/mol. The van der Waals surface area contributed by atoms with Crippen LogP contribution in [0.5, 0.6) is 23.3 Å². The van der Waals surface area contributed by atoms with E-state index in [2.05, 4.69) is 5.32 Å². The minimum atomic E-state index is -0.386. The first-order chi connectivity index (χ1) is 16.8. The molecule has 0 aliphatic carbocycles. The zero-order valence-electron chi connectivity index (χ0n) is 19.5. The van der Waals surface area contributed by atoms with Gasteiger partial charge in [-0.3, -0.25) is 9.36 Å². The molecule has 3 N–H and O–H groups in total. The number of methoxy groups -OCH3 is 1. The van der Waals surface area contributed by atoms with E-state index in [1.165, 1.54) is 16.7 Å². The Morgan fingerprint density at radius 1 is 1.06 bits per heavy atom. The largest absolute Gasteiger partial charge is 0.494 e. The van der Waals surface area contributed by atoms with Gasteiger partial charge in [-0.25, -0.2) is 0 Å². The predicted octanol–water partition coefficient (Wildman–Crippen LogP) is 5.08. The zero-order chi connectivity index (χ0) is 25.4. The molecule has 3 rings (SSSR count). The van der Waals surface area contributed by atoms with Crippen molar-refractivity contribution in [1.82, 2.24) is 9.88 Å². The van der Waals surface area contributed by atoms with Crippen LogP contribution in [-0.4, -0.2) is 41.1 Å². The summed E-state index contributed by atoms with van der Waals surface area (Å²) in [6.45, 7) is 2.94. The molecule has 2 aromatic carbocycles. The number of rotatable bonds is 12. The van der Waals surface area contributed by atoms with Crippen molar-refractivity contribution in [3.05, 3.63) is 69.7 Å². The number of aromatic nitrogens is 1. The van der Waals surface area contributed by atoms with Crippen LogP contribution in [0.1, 0.15) is 30.5 Å². The summed E-state index contributed by atoms with van der Waals surface area (Å²) >= 11 is 12.4. The van der Waals surface area contributed by atoms with Crippen molar-refractivity contribution in [2.75, 3.05) is 20.3 Å². The number of nitrogens with one attached hydrogen (secondary N) is 1. The first-order valence-electron chi connectivity index (χ1n) is 11.0. The van der Waals surface area contributed by atoms with Crippen LogP contribution in [0, 0.1) is 0 Å². The van der Waals surface area contributed by atoms with Crippen molar-refractivity contribution in [2.45, 2.75) is 32.5 Å². The van der Waals surface area contributed by atoms with Crippen LogP contribution in [0.25, 0.3) is 0 Å². The summed E-state index contributed by atoms with van der Waals surface area (Å²) in [6.07, 6.45) is 0.104. The van der Waals surface area contributed by atoms with Gasteiger partial charge in [-0.1, -0.05) is 35.3 Å². The number of ether oxygens (including phenoxy) is 3. The lowest BCUT2D eigenvalue weighted by molar-refractivity contribution is -0.143. The molecule has 0 aliphatic rings. The number of benzene rings is 2. The number of carbonyl (C=O) groups excluding carboxylic acids is 1. The number of hydrogen-bond donors (Lipinski definition) is 3. The Hall–Kier alpha value is -3.07. The maximum absolute atomic E-state index is 12.2. The van der Waals surface area contributed by atoms with Gasteiger partial charge in [-0.2, -0.15) is 0 Å². The van der Waals surface area contributed by atoms with Gasteiger partial charge in [-0.05, 0) is 42.3 Å². The molecule has 35 heavy (non-hydrogen) atoms. The molecule has 10 heteroatoms. The van der Waals surface area contributed by atoms with Crippen LogP contribution in [0.4, 0.5) is 0 Å². The molecule has 0 spiro atoms. The van der Waals surface area contributed by atoms with Gasteiger partial charge in [0.2, 0.25) is 0 Å². The standard InChI is InChI=1S/C25H28Cl2N2O6/c1-3-34-25(32)14-20(18-6-5-17(26)13-19(18)27)28-15-16-4-7-21(22(12-16)33-2)35-11-10-29-23(30)8-9-24(29)31/h4-9,12-13,20,28,30-31H,3,10-11,14-15H2,1-2H3. The monoisotopic (exact) mass is 522 g/mol. The van der Waals surface area contributed by atoms with E-state index in [1.54, 1.807) is 38.3 Å². The van der Waals surface area contributed by atoms with Gasteiger partial charge >= 0.3 is 5.97 Å². The fourth-order valence-corrected chi connectivity index (χ4v) is 4.11. The quantitative estimate of drug-likeness (QED) is 0.285. The van der Waals surface area contributed by atoms with E-state index in [0.29, 0.717) is 34.7 Å². The third-order valence-corrected chi connectivity index (χ3v) is 5.86. The third-order valence-electron chi connectivity index (χ3n) is 5.30. The van der Waals surface area contributed by atoms with Crippen molar-refractivity contribution in [3.8, 4) is 23.3 Å². The first-order valence-corrected chi connectivity index (χ1v) is 11.8. The molecule has 8 nitrogen and oxygen atoms in total. The van der Waals surface area contributed by atoms with Crippen molar-refractivity contribution in [3.63, 3.8) is 0 Å². The maximum Gasteiger partial charge on any atom is 0.307 e. The van der Waals surface area contributed by atoms with Crippen LogP contribution < -0.4 is 14.8 Å². The highest BCUT2D eigenvalue weighted by atomic mass is 35.5. The lowest BCUT2D eigenvalue weighted by Crippen LogP contribution is -2.25. The van der Waals surface area contributed by atoms with Gasteiger partial charge in [-0.15, -0.1) is 0 Å². The van der Waals surface area contributed by atoms with E-state index < -0.39 is 0 Å². The van der Waals surface area contributed by atoms with Crippen LogP contribution >= 0.6 is 23.2 Å². The van der Waals surface area contributed by atoms with E-state index in [1.807, 2.05) is 12.1 Å². The minimum Gasteiger partial charge on any atom is -0.494 e. The fraction of sp³-hybridized carbons (Fsp3) is 0.320. The smallest absolute Gasteiger partial charge is 0.307 e. The number of carbonyl (C=O) groups is 1. The molecule has 188 valence electrons. The summed E-state index contributed by atoms with van der Waals surface area (Å²) in [7, 11) is 1.54. The van der Waals surface area contributed by atoms with Gasteiger partial charge in [0.15, 0.2) is 23.3 Å². The molecule has 0 bridgehead atoms. The average molecular weight is 523 g/mol. The van der Waals surface area contributed by atoms with Gasteiger partial charge in [0.1, 0.15) is 6.61 Å². The second-order valence-corrected chi connectivity index (χ2v) is 8.49. The summed E-state index contributed by atoms with van der Waals surface area (Å²) in [6, 6.07) is 13.1. The molecule has 0 amide bonds. The van der Waals surface area contributed by atoms with Crippen molar-refractivity contribution in [1.29, 1.82) is 0 Å². The Balaban J connectivity index is 1.68. The van der Waals surface area contributed by atoms with Gasteiger partial charge in [0.05, 0.1) is 26.7 Å². The summed E-state index contributed by atoms with van der Waals surface area (Å²) in [5.74, 6) is 0.621. The Morgan fingerprint density at radius 3 is 2.46 bits per heavy atom. The number of aromatic hydroxyl groups is 2. The molecule has 3 aromatic rings. The topological polar surface area (TPSA) is 102 Å². The highest BCUT2D eigenvalue weighted by Crippen LogP contribution is 2.31. The molecule has 0 aliphatic heterocycles. The summed E-state index contributed by atoms with van der Waals surface area (Å²) in [5.41, 5.74) is 1.64. The van der Waals surface area contributed by atoms with Crippen LogP contribution in [0.3, 0.4) is 0 Å². The fourth-order valence-electron chi connectivity index (χ4n) is 3.57. The van der Waals surface area contributed by atoms with E-state index >= 15 is 0 Å². The molecule has 1 unspecified atom stereocenters. The highest BCUT2D eigenvalue weighted by molar-refractivity contribution is 6.35. The zero-order valence-corrected chi connectivity index (χ0v) is 21.0. The number of esters is 1. The van der Waals surface area contributed by atoms with Crippen LogP contribution in [0.2, 0.25) is 10.0 Å². The maximum atomic E-state index is 12.2. The summed E-state index contributed by atoms with van der Waals surface area (Å²) < 4.78 is 17.7. The van der Waals surface area contributed by atoms with Crippen molar-refractivity contribution >= 4 is 29.2 Å². The molecular formula is C25H28Cl2N2O6. The van der Waals surface area contributed by atoms with E-state index in [9.17, 15) is 15.0 Å². The predicted molar refractivity (Wildman–Crippen MR) is 134 cm³/mol. The van der Waals surface area contributed by atoms with Crippen molar-refractivity contribution < 1.29 is 29.2 Å². The Bertz CT molecular complexity index is 1130. The minimum absolute atomic E-state index is 0.0438. The summed E-state index contributed by atoms with van der Waals surface area (Å²) in [4.78, 5) is 12.2. The number of hydrogen-bond acceptors (Lipinski definition) is 7. The molecule has 0 saturated heterocycles. The molecule has 0 radical (unpaired) electrons. The normalized spacial score (nSPS) is 11.8. The molecule has 1 aromatic heterocycles. The van der Waals surface area contributed by atoms with Gasteiger partial charge in [0.25, 0.3) is 0 Å². The van der Waals surface area contributed by atoms with Crippen LogP contribution in [-0.2, 0) is 22.6 Å². The Kier molecular flexibility index (Phi) is 9.54. The Morgan fingerprint density at radius 2 is 1.80 bits per heavy atom. The van der Waals surface area contributed by atoms with E-state index in [0.717, 1.165) is 11.1 Å². The SMILES string of the molecule is CCOC(=O)CC(NCc1ccc(OCCn2c(O)ccc2O)c(OC)c1)c1ccc(Cl)cc1Cl. The molecule has 1 atom stereocenters. The molecule has 0 saturated carbocycles. The molecule has 1 heterocycles. The number of halogens is 2. The second kappa shape index (κ2) is 12.6. The van der Waals surface area contributed by atoms with E-state index in [-0.39, 0.29) is 43.3 Å². The average Bonchev–Trinajstić information content (AvgIpc) is 3.14. The molecule has 0 fully saturated rings. The van der Waals surface area contributed by atoms with Gasteiger partial charge < -0.3 is 29.7 Å². The lowest BCUT2D eigenvalue weighted by Gasteiger charge is -2.20.